The Kier molecular flexibility index (Phi) is 11.9. The maximum absolute atomic E-state index is 9.14. The zero-order chi connectivity index (χ0) is 9.11. The molecule has 0 fully saturated rings. The van der Waals surface area contributed by atoms with Gasteiger partial charge in [-0.25, -0.2) is 0 Å². The number of hydrogen-bond donors (Lipinski definition) is 0. The van der Waals surface area contributed by atoms with E-state index in [0.717, 1.165) is 0 Å². The second-order valence-corrected chi connectivity index (χ2v) is 1.33. The Morgan fingerprint density at radius 1 is 1.45 bits per heavy atom. The van der Waals surface area contributed by atoms with E-state index in [1.807, 2.05) is 6.07 Å². The van der Waals surface area contributed by atoms with E-state index in [1.54, 1.807) is 6.92 Å². The van der Waals surface area contributed by atoms with Gasteiger partial charge in [0.1, 0.15) is 0 Å². The van der Waals surface area contributed by atoms with Crippen molar-refractivity contribution >= 4 is 12.8 Å². The lowest BCUT2D eigenvalue weighted by Crippen LogP contribution is -1.58. The Hall–Kier alpha value is -1.83. The molecule has 0 atom stereocenters. The van der Waals surface area contributed by atoms with Crippen LogP contribution in [0, 0.1) is 11.3 Å². The summed E-state index contributed by atoms with van der Waals surface area (Å²) in [7, 11) is 0. The van der Waals surface area contributed by atoms with Crippen molar-refractivity contribution < 1.29 is 9.59 Å². The molecule has 2 amide bonds. The molecule has 0 spiro atoms. The van der Waals surface area contributed by atoms with Crippen LogP contribution in [-0.2, 0) is 9.59 Å². The summed E-state index contributed by atoms with van der Waals surface area (Å²) in [5, 5.41) is 13.1. The Bertz CT molecular complexity index is 192. The summed E-state index contributed by atoms with van der Waals surface area (Å²) in [6.07, 6.45) is 0.378. The van der Waals surface area contributed by atoms with Crippen molar-refractivity contribution in [2.45, 2.75) is 6.92 Å². The molecule has 0 saturated carbocycles. The predicted octanol–water partition coefficient (Wildman–Crippen LogP) is 0.837. The minimum Gasteiger partial charge on any atom is -0.275 e. The van der Waals surface area contributed by atoms with Crippen LogP contribution >= 0.6 is 0 Å². The number of nitrogens with zero attached hydrogens (tertiary/aromatic N) is 3. The highest BCUT2D eigenvalue weighted by Gasteiger charge is 1.64. The summed E-state index contributed by atoms with van der Waals surface area (Å²) >= 11 is 0. The lowest BCUT2D eigenvalue weighted by Gasteiger charge is -1.61. The van der Waals surface area contributed by atoms with Crippen molar-refractivity contribution in [1.29, 1.82) is 5.26 Å². The van der Waals surface area contributed by atoms with E-state index in [2.05, 4.69) is 16.8 Å². The molecular formula is C6H7N3O2. The molecule has 0 rings (SSSR count). The summed E-state index contributed by atoms with van der Waals surface area (Å²) in [5.41, 5.74) is 0.560. The first-order chi connectivity index (χ1) is 5.18. The van der Waals surface area contributed by atoms with Crippen molar-refractivity contribution in [2.24, 2.45) is 10.2 Å². The smallest absolute Gasteiger partial charge is 0.252 e. The third kappa shape index (κ3) is 31.0. The van der Waals surface area contributed by atoms with E-state index in [4.69, 9.17) is 14.9 Å². The van der Waals surface area contributed by atoms with Gasteiger partial charge in [-0.3, -0.25) is 9.59 Å². The van der Waals surface area contributed by atoms with Crippen molar-refractivity contribution in [3.63, 3.8) is 0 Å². The van der Waals surface area contributed by atoms with Gasteiger partial charge in [0.05, 0.1) is 6.07 Å². The largest absolute Gasteiger partial charge is 0.275 e. The highest BCUT2D eigenvalue weighted by Crippen LogP contribution is 1.74. The first kappa shape index (κ1) is 11.9. The van der Waals surface area contributed by atoms with Gasteiger partial charge in [-0.1, -0.05) is 6.58 Å². The molecule has 0 saturated heterocycles. The summed E-state index contributed by atoms with van der Waals surface area (Å²) < 4.78 is 0. The number of rotatable bonds is 2. The molecule has 0 aromatic heterocycles. The second-order valence-electron chi connectivity index (χ2n) is 1.33. The number of carbonyl (C=O) groups is 2. The van der Waals surface area contributed by atoms with Crippen molar-refractivity contribution in [1.82, 2.24) is 0 Å². The lowest BCUT2D eigenvalue weighted by molar-refractivity contribution is -0.110. The lowest BCUT2D eigenvalue weighted by atomic mass is 10.4. The van der Waals surface area contributed by atoms with Crippen LogP contribution in [0.3, 0.4) is 0 Å². The average Bonchev–Trinajstić information content (AvgIpc) is 2.02. The maximum atomic E-state index is 9.14. The monoisotopic (exact) mass is 153 g/mol. The van der Waals surface area contributed by atoms with Crippen LogP contribution in [0.15, 0.2) is 22.4 Å². The Labute approximate surface area is 64.0 Å². The molecule has 5 nitrogen and oxygen atoms in total. The van der Waals surface area contributed by atoms with Crippen LogP contribution in [0.25, 0.3) is 0 Å². The van der Waals surface area contributed by atoms with E-state index >= 15 is 0 Å². The zero-order valence-corrected chi connectivity index (χ0v) is 6.02. The van der Waals surface area contributed by atoms with E-state index in [-0.39, 0.29) is 12.8 Å². The van der Waals surface area contributed by atoms with Gasteiger partial charge in [-0.15, -0.1) is 10.2 Å². The Morgan fingerprint density at radius 2 is 1.73 bits per heavy atom. The third-order valence-corrected chi connectivity index (χ3v) is 0.352. The summed E-state index contributed by atoms with van der Waals surface area (Å²) in [6, 6.07) is 1.83. The van der Waals surface area contributed by atoms with Gasteiger partial charge in [-0.2, -0.15) is 5.26 Å². The molecule has 0 aliphatic heterocycles. The molecule has 0 aromatic carbocycles. The van der Waals surface area contributed by atoms with Crippen molar-refractivity contribution in [3.05, 3.63) is 12.2 Å². The first-order valence-electron chi connectivity index (χ1n) is 2.51. The fourth-order valence-electron chi connectivity index (χ4n) is 0.0544. The fourth-order valence-corrected chi connectivity index (χ4v) is 0.0544. The van der Waals surface area contributed by atoms with Crippen molar-refractivity contribution in [3.8, 4) is 6.07 Å². The molecule has 58 valence electrons. The number of hydrogen-bond acceptors (Lipinski definition) is 3. The number of azo groups is 1. The second kappa shape index (κ2) is 11.0. The van der Waals surface area contributed by atoms with Gasteiger partial charge in [0.25, 0.3) is 12.8 Å². The molecule has 0 unspecified atom stereocenters. The standard InChI is InChI=1S/C4H5N.C2H2N2O2/c1-4(2)3-5;5-1-3-4-2-6/h1H2,2H3;1-2H. The summed E-state index contributed by atoms with van der Waals surface area (Å²) in [5.74, 6) is 0. The fraction of sp³-hybridized carbons (Fsp3) is 0.167. The normalized spacial score (nSPS) is 7.27. The quantitative estimate of drug-likeness (QED) is 0.334. The molecule has 5 heteroatoms. The van der Waals surface area contributed by atoms with Crippen LogP contribution in [0.4, 0.5) is 0 Å². The number of amides is 2. The van der Waals surface area contributed by atoms with Crippen LogP contribution in [-0.4, -0.2) is 12.8 Å². The van der Waals surface area contributed by atoms with Crippen LogP contribution in [0.5, 0.6) is 0 Å². The molecule has 0 heterocycles. The Morgan fingerprint density at radius 3 is 1.82 bits per heavy atom. The van der Waals surface area contributed by atoms with E-state index in [9.17, 15) is 0 Å². The number of carbonyl (C=O) groups excluding carboxylic acids is 2. The summed E-state index contributed by atoms with van der Waals surface area (Å²) in [4.78, 5) is 18.3. The predicted molar refractivity (Wildman–Crippen MR) is 37.4 cm³/mol. The van der Waals surface area contributed by atoms with Gasteiger partial charge in [0.2, 0.25) is 0 Å². The molecule has 0 aromatic rings. The van der Waals surface area contributed by atoms with Crippen LogP contribution in [0.1, 0.15) is 6.92 Å². The minimum absolute atomic E-state index is 0.189. The van der Waals surface area contributed by atoms with Gasteiger partial charge in [0, 0.05) is 5.57 Å². The minimum atomic E-state index is 0.189. The van der Waals surface area contributed by atoms with Crippen molar-refractivity contribution in [2.75, 3.05) is 0 Å². The molecule has 0 bridgehead atoms. The molecule has 0 aliphatic rings. The molecule has 11 heavy (non-hydrogen) atoms. The number of allylic oxidation sites excluding steroid dienone is 1. The van der Waals surface area contributed by atoms with Crippen LogP contribution in [0.2, 0.25) is 0 Å². The molecule has 0 N–H and O–H groups in total. The highest BCUT2D eigenvalue weighted by atomic mass is 16.1. The van der Waals surface area contributed by atoms with Gasteiger partial charge in [-0.05, 0) is 6.92 Å². The highest BCUT2D eigenvalue weighted by molar-refractivity contribution is 5.52. The molecule has 0 aliphatic carbocycles. The van der Waals surface area contributed by atoms with Gasteiger partial charge in [0.15, 0.2) is 0 Å². The van der Waals surface area contributed by atoms with E-state index < -0.39 is 0 Å². The Balaban J connectivity index is 0. The van der Waals surface area contributed by atoms with E-state index in [1.165, 1.54) is 0 Å². The number of nitriles is 1. The first-order valence-corrected chi connectivity index (χ1v) is 2.51. The van der Waals surface area contributed by atoms with Gasteiger partial charge < -0.3 is 0 Å². The summed E-state index contributed by atoms with van der Waals surface area (Å²) in [6.45, 7) is 4.98. The average molecular weight is 153 g/mol. The SMILES string of the molecule is C=C(C)C#N.O=CN=NC=O. The molecule has 0 radical (unpaired) electrons. The van der Waals surface area contributed by atoms with Crippen LogP contribution < -0.4 is 0 Å². The third-order valence-electron chi connectivity index (χ3n) is 0.352. The zero-order valence-electron chi connectivity index (χ0n) is 6.02. The van der Waals surface area contributed by atoms with Gasteiger partial charge >= 0.3 is 0 Å². The topological polar surface area (TPSA) is 82.7 Å². The maximum Gasteiger partial charge on any atom is 0.252 e. The van der Waals surface area contributed by atoms with E-state index in [0.29, 0.717) is 5.57 Å². The molecular weight excluding hydrogens is 146 g/mol.